The molecule has 2 aromatic carbocycles. The number of nitrogens with zero attached hydrogens (tertiary/aromatic N) is 1. The van der Waals surface area contributed by atoms with E-state index in [4.69, 9.17) is 13.9 Å². The van der Waals surface area contributed by atoms with Crippen molar-refractivity contribution in [2.45, 2.75) is 0 Å². The summed E-state index contributed by atoms with van der Waals surface area (Å²) in [7, 11) is 0. The SMILES string of the molecule is O=C(/C=C/c1ccc(/C=C2/Oc3ccccc3NC2=O)o1)Nc1ccccc1N1CCOCC1. The standard InChI is InChI=1S/C26H23N3O5/c30-25(27-20-5-1-3-7-22(20)29-13-15-32-16-14-29)12-11-18-9-10-19(33-18)17-24-26(31)28-21-6-2-4-8-23(21)34-24/h1-12,17H,13-16H2,(H,27,30)(H,28,31)/b12-11+,24-17+. The highest BCUT2D eigenvalue weighted by molar-refractivity contribution is 6.08. The van der Waals surface area contributed by atoms with Crippen LogP contribution in [0.15, 0.2) is 76.9 Å². The van der Waals surface area contributed by atoms with Gasteiger partial charge in [-0.15, -0.1) is 0 Å². The average molecular weight is 457 g/mol. The molecule has 0 radical (unpaired) electrons. The maximum Gasteiger partial charge on any atom is 0.291 e. The topological polar surface area (TPSA) is 93.0 Å². The summed E-state index contributed by atoms with van der Waals surface area (Å²) in [6, 6.07) is 18.3. The summed E-state index contributed by atoms with van der Waals surface area (Å²) in [5.74, 6) is 0.964. The van der Waals surface area contributed by atoms with Crippen LogP contribution in [0.3, 0.4) is 0 Å². The van der Waals surface area contributed by atoms with E-state index in [0.29, 0.717) is 36.2 Å². The summed E-state index contributed by atoms with van der Waals surface area (Å²) in [6.45, 7) is 2.89. The molecule has 1 saturated heterocycles. The first-order valence-corrected chi connectivity index (χ1v) is 11.0. The number of nitrogens with one attached hydrogen (secondary N) is 2. The molecule has 172 valence electrons. The van der Waals surface area contributed by atoms with E-state index in [1.165, 1.54) is 12.2 Å². The number of anilines is 3. The molecule has 1 aromatic heterocycles. The predicted molar refractivity (Wildman–Crippen MR) is 130 cm³/mol. The van der Waals surface area contributed by atoms with E-state index in [1.807, 2.05) is 36.4 Å². The first-order valence-electron chi connectivity index (χ1n) is 11.0. The highest BCUT2D eigenvalue weighted by atomic mass is 16.5. The van der Waals surface area contributed by atoms with E-state index >= 15 is 0 Å². The molecule has 1 fully saturated rings. The second kappa shape index (κ2) is 9.68. The number of fused-ring (bicyclic) bond motifs is 1. The number of rotatable bonds is 5. The van der Waals surface area contributed by atoms with Gasteiger partial charge in [-0.1, -0.05) is 24.3 Å². The van der Waals surface area contributed by atoms with Gasteiger partial charge in [0.25, 0.3) is 5.91 Å². The monoisotopic (exact) mass is 457 g/mol. The maximum absolute atomic E-state index is 12.5. The minimum atomic E-state index is -0.356. The van der Waals surface area contributed by atoms with Crippen LogP contribution in [0.2, 0.25) is 0 Å². The van der Waals surface area contributed by atoms with Gasteiger partial charge in [0.05, 0.1) is 30.3 Å². The maximum atomic E-state index is 12.5. The lowest BCUT2D eigenvalue weighted by molar-refractivity contribution is -0.115. The number of para-hydroxylation sites is 4. The van der Waals surface area contributed by atoms with E-state index < -0.39 is 0 Å². The summed E-state index contributed by atoms with van der Waals surface area (Å²) in [5, 5.41) is 5.71. The Hall–Kier alpha value is -4.30. The van der Waals surface area contributed by atoms with Crippen molar-refractivity contribution in [2.24, 2.45) is 0 Å². The van der Waals surface area contributed by atoms with Crippen molar-refractivity contribution in [3.8, 4) is 5.75 Å². The van der Waals surface area contributed by atoms with Gasteiger partial charge in [-0.3, -0.25) is 9.59 Å². The van der Waals surface area contributed by atoms with E-state index in [0.717, 1.165) is 24.5 Å². The van der Waals surface area contributed by atoms with Crippen molar-refractivity contribution in [2.75, 3.05) is 41.8 Å². The van der Waals surface area contributed by atoms with Crippen molar-refractivity contribution >= 4 is 41.0 Å². The molecule has 34 heavy (non-hydrogen) atoms. The number of hydrogen-bond acceptors (Lipinski definition) is 6. The van der Waals surface area contributed by atoms with E-state index in [9.17, 15) is 9.59 Å². The first-order chi connectivity index (χ1) is 16.7. The van der Waals surface area contributed by atoms with Crippen molar-refractivity contribution in [1.82, 2.24) is 0 Å². The smallest absolute Gasteiger partial charge is 0.291 e. The van der Waals surface area contributed by atoms with Crippen LogP contribution < -0.4 is 20.3 Å². The average Bonchev–Trinajstić information content (AvgIpc) is 3.31. The molecule has 2 amide bonds. The minimum Gasteiger partial charge on any atom is -0.457 e. The molecule has 8 heteroatoms. The fourth-order valence-corrected chi connectivity index (χ4v) is 3.76. The Morgan fingerprint density at radius 1 is 0.971 bits per heavy atom. The third-order valence-electron chi connectivity index (χ3n) is 5.41. The first kappa shape index (κ1) is 21.5. The molecule has 0 saturated carbocycles. The molecular formula is C26H23N3O5. The quantitative estimate of drug-likeness (QED) is 0.560. The van der Waals surface area contributed by atoms with E-state index in [1.54, 1.807) is 30.3 Å². The Bertz CT molecular complexity index is 1270. The molecule has 0 atom stereocenters. The third kappa shape index (κ3) is 4.87. The van der Waals surface area contributed by atoms with Gasteiger partial charge in [0.1, 0.15) is 11.5 Å². The van der Waals surface area contributed by atoms with Gasteiger partial charge in [-0.25, -0.2) is 0 Å². The van der Waals surface area contributed by atoms with Gasteiger partial charge >= 0.3 is 0 Å². The van der Waals surface area contributed by atoms with Crippen LogP contribution in [0.4, 0.5) is 17.1 Å². The Morgan fingerprint density at radius 2 is 1.74 bits per heavy atom. The summed E-state index contributed by atoms with van der Waals surface area (Å²) < 4.78 is 16.8. The van der Waals surface area contributed by atoms with Crippen LogP contribution >= 0.6 is 0 Å². The normalized spacial score (nSPS) is 16.8. The number of hydrogen-bond donors (Lipinski definition) is 2. The number of benzene rings is 2. The summed E-state index contributed by atoms with van der Waals surface area (Å²) in [5.41, 5.74) is 2.32. The Balaban J connectivity index is 1.24. The number of amides is 2. The Kier molecular flexibility index (Phi) is 6.13. The van der Waals surface area contributed by atoms with Crippen LogP contribution in [0.5, 0.6) is 5.75 Å². The lowest BCUT2D eigenvalue weighted by Crippen LogP contribution is -2.36. The molecule has 0 unspecified atom stereocenters. The second-order valence-electron chi connectivity index (χ2n) is 7.74. The fourth-order valence-electron chi connectivity index (χ4n) is 3.76. The van der Waals surface area contributed by atoms with E-state index in [-0.39, 0.29) is 17.6 Å². The second-order valence-corrected chi connectivity index (χ2v) is 7.74. The van der Waals surface area contributed by atoms with Crippen LogP contribution in [0, 0.1) is 0 Å². The van der Waals surface area contributed by atoms with Crippen molar-refractivity contribution in [1.29, 1.82) is 0 Å². The zero-order valence-electron chi connectivity index (χ0n) is 18.3. The third-order valence-corrected chi connectivity index (χ3v) is 5.41. The Labute approximate surface area is 196 Å². The number of morpholine rings is 1. The van der Waals surface area contributed by atoms with Gasteiger partial charge in [0.15, 0.2) is 11.5 Å². The van der Waals surface area contributed by atoms with Crippen LogP contribution in [0.1, 0.15) is 11.5 Å². The van der Waals surface area contributed by atoms with Crippen LogP contribution in [-0.4, -0.2) is 38.1 Å². The lowest BCUT2D eigenvalue weighted by Gasteiger charge is -2.30. The van der Waals surface area contributed by atoms with Gasteiger partial charge in [0.2, 0.25) is 5.91 Å². The largest absolute Gasteiger partial charge is 0.457 e. The highest BCUT2D eigenvalue weighted by Crippen LogP contribution is 2.31. The minimum absolute atomic E-state index is 0.126. The van der Waals surface area contributed by atoms with Crippen LogP contribution in [-0.2, 0) is 14.3 Å². The van der Waals surface area contributed by atoms with Gasteiger partial charge in [-0.2, -0.15) is 0 Å². The zero-order valence-corrected chi connectivity index (χ0v) is 18.3. The van der Waals surface area contributed by atoms with Crippen molar-refractivity contribution < 1.29 is 23.5 Å². The van der Waals surface area contributed by atoms with Gasteiger partial charge in [0, 0.05) is 25.2 Å². The predicted octanol–water partition coefficient (Wildman–Crippen LogP) is 4.14. The lowest BCUT2D eigenvalue weighted by atomic mass is 10.2. The van der Waals surface area contributed by atoms with Crippen LogP contribution in [0.25, 0.3) is 12.2 Å². The molecule has 3 aromatic rings. The molecule has 2 N–H and O–H groups in total. The van der Waals surface area contributed by atoms with E-state index in [2.05, 4.69) is 15.5 Å². The van der Waals surface area contributed by atoms with Gasteiger partial charge in [-0.05, 0) is 42.5 Å². The van der Waals surface area contributed by atoms with Crippen molar-refractivity contribution in [3.05, 3.63) is 84.0 Å². The molecule has 5 rings (SSSR count). The molecular weight excluding hydrogens is 434 g/mol. The summed E-state index contributed by atoms with van der Waals surface area (Å²) in [4.78, 5) is 27.0. The highest BCUT2D eigenvalue weighted by Gasteiger charge is 2.22. The van der Waals surface area contributed by atoms with Crippen molar-refractivity contribution in [3.63, 3.8) is 0 Å². The fraction of sp³-hybridized carbons (Fsp3) is 0.154. The molecule has 2 aliphatic rings. The summed E-state index contributed by atoms with van der Waals surface area (Å²) >= 11 is 0. The molecule has 8 nitrogen and oxygen atoms in total. The Morgan fingerprint density at radius 3 is 2.62 bits per heavy atom. The number of carbonyl (C=O) groups is 2. The number of ether oxygens (including phenoxy) is 2. The molecule has 3 heterocycles. The molecule has 0 spiro atoms. The van der Waals surface area contributed by atoms with Gasteiger partial charge < -0.3 is 29.4 Å². The molecule has 2 aliphatic heterocycles. The summed E-state index contributed by atoms with van der Waals surface area (Å²) in [6.07, 6.45) is 4.50. The number of carbonyl (C=O) groups excluding carboxylic acids is 2. The number of furan rings is 1. The molecule has 0 bridgehead atoms. The zero-order chi connectivity index (χ0) is 23.3. The molecule has 0 aliphatic carbocycles.